The first-order valence-corrected chi connectivity index (χ1v) is 16.3. The topological polar surface area (TPSA) is 81.2 Å². The van der Waals surface area contributed by atoms with Crippen LogP contribution >= 0.6 is 0 Å². The Bertz CT molecular complexity index is 2970. The van der Waals surface area contributed by atoms with Gasteiger partial charge in [-0.25, -0.2) is 0 Å². The minimum absolute atomic E-state index is 0.578. The van der Waals surface area contributed by atoms with Crippen molar-refractivity contribution < 1.29 is 0 Å². The number of nitrogens with zero attached hydrogens (tertiary/aromatic N) is 5. The molecule has 0 spiro atoms. The summed E-state index contributed by atoms with van der Waals surface area (Å²) in [4.78, 5) is 0. The van der Waals surface area contributed by atoms with Crippen molar-refractivity contribution in [2.75, 3.05) is 0 Å². The highest BCUT2D eigenvalue weighted by molar-refractivity contribution is 6.11. The monoisotopic (exact) mass is 635 g/mol. The van der Waals surface area contributed by atoms with Crippen LogP contribution in [-0.4, -0.2) is 9.13 Å². The number of hydrogen-bond acceptors (Lipinski definition) is 3. The van der Waals surface area contributed by atoms with E-state index in [0.717, 1.165) is 77.2 Å². The summed E-state index contributed by atoms with van der Waals surface area (Å²) < 4.78 is 4.46. The summed E-state index contributed by atoms with van der Waals surface area (Å²) in [6, 6.07) is 57.8. The first kappa shape index (κ1) is 28.8. The fraction of sp³-hybridized carbons (Fsp3) is 0. The number of fused-ring (bicyclic) bond motifs is 6. The van der Waals surface area contributed by atoms with Crippen LogP contribution in [0, 0.1) is 34.0 Å². The van der Waals surface area contributed by atoms with Gasteiger partial charge in [-0.1, -0.05) is 78.9 Å². The molecule has 2 heterocycles. The summed E-state index contributed by atoms with van der Waals surface area (Å²) in [5, 5.41) is 33.9. The summed E-state index contributed by atoms with van der Waals surface area (Å²) in [6.07, 6.45) is 0. The van der Waals surface area contributed by atoms with Gasteiger partial charge in [0, 0.05) is 38.4 Å². The molecule has 5 heteroatoms. The van der Waals surface area contributed by atoms with Gasteiger partial charge in [-0.15, -0.1) is 0 Å². The number of para-hydroxylation sites is 3. The molecular formula is C45H25N5. The summed E-state index contributed by atoms with van der Waals surface area (Å²) in [5.41, 5.74) is 11.6. The highest BCUT2D eigenvalue weighted by Gasteiger charge is 2.18. The van der Waals surface area contributed by atoms with Crippen molar-refractivity contribution in [3.05, 3.63) is 168 Å². The number of hydrogen-bond donors (Lipinski definition) is 0. The van der Waals surface area contributed by atoms with E-state index in [4.69, 9.17) is 0 Å². The van der Waals surface area contributed by atoms with E-state index in [1.807, 2.05) is 91.0 Å². The molecular weight excluding hydrogens is 611 g/mol. The van der Waals surface area contributed by atoms with Crippen molar-refractivity contribution in [1.82, 2.24) is 9.13 Å². The van der Waals surface area contributed by atoms with E-state index >= 15 is 0 Å². The molecule has 0 amide bonds. The van der Waals surface area contributed by atoms with Crippen molar-refractivity contribution in [2.24, 2.45) is 0 Å². The van der Waals surface area contributed by atoms with Gasteiger partial charge in [0.1, 0.15) is 0 Å². The fourth-order valence-electron chi connectivity index (χ4n) is 7.39. The van der Waals surface area contributed by atoms with Gasteiger partial charge in [-0.2, -0.15) is 15.8 Å². The molecule has 0 radical (unpaired) electrons. The van der Waals surface area contributed by atoms with Crippen LogP contribution < -0.4 is 0 Å². The Labute approximate surface area is 287 Å². The molecule has 0 saturated heterocycles. The molecule has 0 saturated carbocycles. The molecule has 50 heavy (non-hydrogen) atoms. The molecule has 9 aromatic rings. The first-order chi connectivity index (χ1) is 24.7. The van der Waals surface area contributed by atoms with Crippen molar-refractivity contribution in [3.8, 4) is 51.8 Å². The molecule has 7 aromatic carbocycles. The third-order valence-corrected chi connectivity index (χ3v) is 9.62. The maximum Gasteiger partial charge on any atom is 0.0998 e. The van der Waals surface area contributed by atoms with Gasteiger partial charge < -0.3 is 9.13 Å². The van der Waals surface area contributed by atoms with Gasteiger partial charge in [0.25, 0.3) is 0 Å². The summed E-state index contributed by atoms with van der Waals surface area (Å²) in [5.74, 6) is 0. The molecule has 0 aliphatic rings. The second kappa shape index (κ2) is 11.4. The molecule has 0 atom stereocenters. The first-order valence-electron chi connectivity index (χ1n) is 16.3. The van der Waals surface area contributed by atoms with Crippen LogP contribution in [0.3, 0.4) is 0 Å². The van der Waals surface area contributed by atoms with E-state index in [9.17, 15) is 15.8 Å². The number of benzene rings is 7. The summed E-state index contributed by atoms with van der Waals surface area (Å²) >= 11 is 0. The van der Waals surface area contributed by atoms with Crippen molar-refractivity contribution in [1.29, 1.82) is 15.8 Å². The van der Waals surface area contributed by atoms with E-state index in [0.29, 0.717) is 16.7 Å². The number of aromatic nitrogens is 2. The highest BCUT2D eigenvalue weighted by atomic mass is 15.0. The normalized spacial score (nSPS) is 11.1. The second-order valence-electron chi connectivity index (χ2n) is 12.3. The molecule has 0 aliphatic heterocycles. The predicted octanol–water partition coefficient (Wildman–Crippen LogP) is 10.8. The zero-order chi connectivity index (χ0) is 33.8. The van der Waals surface area contributed by atoms with Crippen molar-refractivity contribution >= 4 is 43.6 Å². The van der Waals surface area contributed by atoms with E-state index in [-0.39, 0.29) is 0 Å². The number of rotatable bonds is 4. The quantitative estimate of drug-likeness (QED) is 0.193. The largest absolute Gasteiger partial charge is 0.309 e. The van der Waals surface area contributed by atoms with Gasteiger partial charge in [-0.05, 0) is 83.9 Å². The van der Waals surface area contributed by atoms with Gasteiger partial charge in [0.2, 0.25) is 0 Å². The van der Waals surface area contributed by atoms with Gasteiger partial charge in [0.15, 0.2) is 0 Å². The fourth-order valence-corrected chi connectivity index (χ4v) is 7.39. The molecule has 0 unspecified atom stereocenters. The molecule has 0 fully saturated rings. The number of nitriles is 3. The van der Waals surface area contributed by atoms with Gasteiger partial charge in [-0.3, -0.25) is 0 Å². The Hall–Kier alpha value is -7.39. The van der Waals surface area contributed by atoms with Crippen LogP contribution in [0.4, 0.5) is 0 Å². The Kier molecular flexibility index (Phi) is 6.56. The molecule has 2 aromatic heterocycles. The van der Waals surface area contributed by atoms with Crippen LogP contribution in [0.2, 0.25) is 0 Å². The zero-order valence-corrected chi connectivity index (χ0v) is 26.7. The van der Waals surface area contributed by atoms with Crippen LogP contribution in [0.15, 0.2) is 152 Å². The Morgan fingerprint density at radius 1 is 0.380 bits per heavy atom. The standard InChI is InChI=1S/C45H25N5/c46-26-29-16-20-44-39(22-29)37-11-2-4-13-41(37)49(44)34-9-7-8-31(25-34)32-18-19-35(33(24-32)28-48)36-10-1-5-14-42(36)50-43-15-6-3-12-38(43)40-23-30(27-47)17-21-45(40)50/h1-25H. The molecule has 230 valence electrons. The zero-order valence-electron chi connectivity index (χ0n) is 26.7. The smallest absolute Gasteiger partial charge is 0.0998 e. The van der Waals surface area contributed by atoms with E-state index < -0.39 is 0 Å². The molecule has 0 aliphatic carbocycles. The minimum Gasteiger partial charge on any atom is -0.309 e. The average molecular weight is 636 g/mol. The van der Waals surface area contributed by atoms with Gasteiger partial charge >= 0.3 is 0 Å². The van der Waals surface area contributed by atoms with Crippen molar-refractivity contribution in [2.45, 2.75) is 0 Å². The third kappa shape index (κ3) is 4.38. The lowest BCUT2D eigenvalue weighted by Crippen LogP contribution is -1.98. The van der Waals surface area contributed by atoms with Crippen molar-refractivity contribution in [3.63, 3.8) is 0 Å². The highest BCUT2D eigenvalue weighted by Crippen LogP contribution is 2.39. The van der Waals surface area contributed by atoms with Crippen LogP contribution in [0.25, 0.3) is 77.2 Å². The Morgan fingerprint density at radius 2 is 0.960 bits per heavy atom. The van der Waals surface area contributed by atoms with Gasteiger partial charge in [0.05, 0.1) is 62.7 Å². The summed E-state index contributed by atoms with van der Waals surface area (Å²) in [7, 11) is 0. The van der Waals surface area contributed by atoms with Crippen LogP contribution in [0.5, 0.6) is 0 Å². The average Bonchev–Trinajstić information content (AvgIpc) is 3.69. The maximum absolute atomic E-state index is 10.5. The van der Waals surface area contributed by atoms with Crippen LogP contribution in [0.1, 0.15) is 16.7 Å². The molecule has 5 nitrogen and oxygen atoms in total. The molecule has 0 bridgehead atoms. The SMILES string of the molecule is N#Cc1ccc2c(c1)c1ccccc1n2-c1cccc(-c2ccc(-c3ccccc3-n3c4ccccc4c4cc(C#N)ccc43)c(C#N)c2)c1. The summed E-state index contributed by atoms with van der Waals surface area (Å²) in [6.45, 7) is 0. The predicted molar refractivity (Wildman–Crippen MR) is 200 cm³/mol. The second-order valence-corrected chi connectivity index (χ2v) is 12.3. The third-order valence-electron chi connectivity index (χ3n) is 9.62. The van der Waals surface area contributed by atoms with E-state index in [1.54, 1.807) is 0 Å². The Balaban J connectivity index is 1.18. The molecule has 0 N–H and O–H groups in total. The van der Waals surface area contributed by atoms with E-state index in [2.05, 4.69) is 88.0 Å². The Morgan fingerprint density at radius 3 is 1.64 bits per heavy atom. The lowest BCUT2D eigenvalue weighted by atomic mass is 9.94. The van der Waals surface area contributed by atoms with Crippen LogP contribution in [-0.2, 0) is 0 Å². The lowest BCUT2D eigenvalue weighted by molar-refractivity contribution is 1.18. The van der Waals surface area contributed by atoms with E-state index in [1.165, 1.54) is 0 Å². The minimum atomic E-state index is 0.578. The molecule has 9 rings (SSSR count). The lowest BCUT2D eigenvalue weighted by Gasteiger charge is -2.16. The maximum atomic E-state index is 10.5.